The van der Waals surface area contributed by atoms with E-state index in [0.717, 1.165) is 38.4 Å². The third kappa shape index (κ3) is 4.83. The van der Waals surface area contributed by atoms with Gasteiger partial charge in [-0.15, -0.1) is 0 Å². The molecule has 1 aromatic rings. The van der Waals surface area contributed by atoms with Crippen LogP contribution in [-0.4, -0.2) is 66.3 Å². The van der Waals surface area contributed by atoms with Crippen molar-refractivity contribution in [1.29, 1.82) is 0 Å². The molecule has 2 saturated heterocycles. The number of aliphatic imine (C=N–C) groups is 1. The largest absolute Gasteiger partial charge is 0.489 e. The monoisotopic (exact) mass is 404 g/mol. The van der Waals surface area contributed by atoms with Gasteiger partial charge < -0.3 is 14.5 Å². The van der Waals surface area contributed by atoms with Crippen LogP contribution < -0.4 is 10.3 Å². The zero-order valence-electron chi connectivity index (χ0n) is 16.2. The average Bonchev–Trinajstić information content (AvgIpc) is 2.94. The molecule has 2 aliphatic heterocycles. The number of hydrazone groups is 1. The topological polar surface area (TPSA) is 65.4 Å². The molecule has 0 saturated carbocycles. The van der Waals surface area contributed by atoms with Crippen molar-refractivity contribution in [3.05, 3.63) is 36.0 Å². The molecule has 2 aliphatic rings. The van der Waals surface area contributed by atoms with Crippen molar-refractivity contribution in [2.24, 2.45) is 10.1 Å². The Bertz CT molecular complexity index is 783. The van der Waals surface area contributed by atoms with E-state index < -0.39 is 5.83 Å². The molecular formula is C19H25FN6OS. The van der Waals surface area contributed by atoms with E-state index in [0.29, 0.717) is 29.6 Å². The molecule has 0 unspecified atom stereocenters. The van der Waals surface area contributed by atoms with Gasteiger partial charge in [-0.25, -0.2) is 9.37 Å². The quantitative estimate of drug-likeness (QED) is 0.604. The molecular weight excluding hydrogens is 379 g/mol. The van der Waals surface area contributed by atoms with Gasteiger partial charge in [-0.1, -0.05) is 6.07 Å². The molecule has 9 heteroatoms. The van der Waals surface area contributed by atoms with Gasteiger partial charge in [0.1, 0.15) is 17.4 Å². The lowest BCUT2D eigenvalue weighted by molar-refractivity contribution is 0.222. The van der Waals surface area contributed by atoms with E-state index in [-0.39, 0.29) is 5.76 Å². The number of halogens is 1. The normalized spacial score (nSPS) is 22.7. The summed E-state index contributed by atoms with van der Waals surface area (Å²) in [5, 5.41) is 4.98. The number of hydrogen-bond acceptors (Lipinski definition) is 6. The molecule has 28 heavy (non-hydrogen) atoms. The third-order valence-corrected chi connectivity index (χ3v) is 5.01. The Hall–Kier alpha value is -2.55. The summed E-state index contributed by atoms with van der Waals surface area (Å²) >= 11 is 5.50. The summed E-state index contributed by atoms with van der Waals surface area (Å²) in [5.41, 5.74) is 4.05. The van der Waals surface area contributed by atoms with Crippen molar-refractivity contribution in [1.82, 2.24) is 15.3 Å². The second kappa shape index (κ2) is 9.59. The van der Waals surface area contributed by atoms with Crippen molar-refractivity contribution < 1.29 is 9.13 Å². The standard InChI is InChI=1S/C19H25FN6OS/c1-14(20)18-17(21-2)15(6-5-13-27-18)23-24-19(28)26-11-9-25(10-12-26)16-7-3-4-8-22-16/h3-4,7-8H,5-6,9-13H2,1-2H3,(H,24,28)/b18-14-,21-17?,23-15-. The van der Waals surface area contributed by atoms with Crippen molar-refractivity contribution in [2.45, 2.75) is 19.8 Å². The molecule has 0 amide bonds. The molecule has 2 fully saturated rings. The lowest BCUT2D eigenvalue weighted by Crippen LogP contribution is -2.51. The van der Waals surface area contributed by atoms with E-state index in [4.69, 9.17) is 17.0 Å². The molecule has 0 aliphatic carbocycles. The summed E-state index contributed by atoms with van der Waals surface area (Å²) in [4.78, 5) is 12.9. The number of allylic oxidation sites excluding steroid dienone is 2. The highest BCUT2D eigenvalue weighted by Crippen LogP contribution is 2.17. The summed E-state index contributed by atoms with van der Waals surface area (Å²) in [6, 6.07) is 5.91. The number of aromatic nitrogens is 1. The highest BCUT2D eigenvalue weighted by Gasteiger charge is 2.23. The lowest BCUT2D eigenvalue weighted by atomic mass is 10.1. The van der Waals surface area contributed by atoms with Crippen LogP contribution in [0.3, 0.4) is 0 Å². The fourth-order valence-corrected chi connectivity index (χ4v) is 3.43. The number of piperazine rings is 1. The van der Waals surface area contributed by atoms with Gasteiger partial charge >= 0.3 is 0 Å². The predicted octanol–water partition coefficient (Wildman–Crippen LogP) is 2.52. The second-order valence-electron chi connectivity index (χ2n) is 6.52. The van der Waals surface area contributed by atoms with Gasteiger partial charge in [-0.05, 0) is 44.1 Å². The van der Waals surface area contributed by atoms with Crippen molar-refractivity contribution >= 4 is 34.6 Å². The molecule has 7 nitrogen and oxygen atoms in total. The first-order valence-corrected chi connectivity index (χ1v) is 9.75. The number of pyridine rings is 1. The van der Waals surface area contributed by atoms with Crippen LogP contribution in [-0.2, 0) is 4.74 Å². The van der Waals surface area contributed by atoms with E-state index >= 15 is 0 Å². The zero-order chi connectivity index (χ0) is 19.9. The molecule has 0 bridgehead atoms. The summed E-state index contributed by atoms with van der Waals surface area (Å²) in [6.07, 6.45) is 3.19. The molecule has 0 aromatic carbocycles. The van der Waals surface area contributed by atoms with E-state index in [9.17, 15) is 4.39 Å². The van der Waals surface area contributed by atoms with Gasteiger partial charge in [0.25, 0.3) is 0 Å². The van der Waals surface area contributed by atoms with Crippen LogP contribution in [0.5, 0.6) is 0 Å². The van der Waals surface area contributed by atoms with Crippen LogP contribution >= 0.6 is 12.2 Å². The summed E-state index contributed by atoms with van der Waals surface area (Å²) in [5.74, 6) is 0.739. The minimum absolute atomic E-state index is 0.162. The van der Waals surface area contributed by atoms with E-state index in [1.165, 1.54) is 6.92 Å². The Labute approximate surface area is 170 Å². The van der Waals surface area contributed by atoms with E-state index in [2.05, 4.69) is 30.3 Å². The van der Waals surface area contributed by atoms with Crippen LogP contribution in [0.2, 0.25) is 0 Å². The van der Waals surface area contributed by atoms with Crippen molar-refractivity contribution in [2.75, 3.05) is 44.7 Å². The lowest BCUT2D eigenvalue weighted by Gasteiger charge is -2.36. The Kier molecular flexibility index (Phi) is 6.91. The van der Waals surface area contributed by atoms with Crippen LogP contribution in [0.25, 0.3) is 0 Å². The number of anilines is 1. The third-order valence-electron chi connectivity index (χ3n) is 4.66. The smallest absolute Gasteiger partial charge is 0.189 e. The fraction of sp³-hybridized carbons (Fsp3) is 0.474. The summed E-state index contributed by atoms with van der Waals surface area (Å²) < 4.78 is 19.3. The van der Waals surface area contributed by atoms with Crippen LogP contribution in [0.4, 0.5) is 10.2 Å². The van der Waals surface area contributed by atoms with Crippen LogP contribution in [0.1, 0.15) is 19.8 Å². The first-order valence-electron chi connectivity index (χ1n) is 9.34. The number of rotatable bonds is 2. The second-order valence-corrected chi connectivity index (χ2v) is 6.91. The Morgan fingerprint density at radius 2 is 2.07 bits per heavy atom. The highest BCUT2D eigenvalue weighted by atomic mass is 32.1. The SMILES string of the molecule is CN=C1/C(=N\NC(=S)N2CCN(c3ccccn3)CC2)CCCO/C1=C(/C)F. The highest BCUT2D eigenvalue weighted by molar-refractivity contribution is 7.80. The maximum Gasteiger partial charge on any atom is 0.189 e. The average molecular weight is 405 g/mol. The molecule has 0 atom stereocenters. The maximum absolute atomic E-state index is 13.8. The predicted molar refractivity (Wildman–Crippen MR) is 114 cm³/mol. The molecule has 3 rings (SSSR count). The van der Waals surface area contributed by atoms with Gasteiger partial charge in [0, 0.05) is 39.4 Å². The number of nitrogens with zero attached hydrogens (tertiary/aromatic N) is 5. The Balaban J connectivity index is 1.61. The first kappa shape index (κ1) is 20.2. The van der Waals surface area contributed by atoms with E-state index in [1.54, 1.807) is 13.2 Å². The molecule has 0 radical (unpaired) electrons. The minimum Gasteiger partial charge on any atom is -0.489 e. The van der Waals surface area contributed by atoms with Gasteiger partial charge in [-0.2, -0.15) is 5.10 Å². The van der Waals surface area contributed by atoms with Crippen molar-refractivity contribution in [3.63, 3.8) is 0 Å². The zero-order valence-corrected chi connectivity index (χ0v) is 17.0. The number of nitrogens with one attached hydrogen (secondary N) is 1. The Morgan fingerprint density at radius 1 is 1.29 bits per heavy atom. The summed E-state index contributed by atoms with van der Waals surface area (Å²) in [6.45, 7) is 5.02. The van der Waals surface area contributed by atoms with Crippen LogP contribution in [0, 0.1) is 0 Å². The fourth-order valence-electron chi connectivity index (χ4n) is 3.20. The first-order chi connectivity index (χ1) is 13.6. The number of hydrogen-bond donors (Lipinski definition) is 1. The van der Waals surface area contributed by atoms with Gasteiger partial charge in [0.2, 0.25) is 0 Å². The van der Waals surface area contributed by atoms with Gasteiger partial charge in [-0.3, -0.25) is 10.4 Å². The summed E-state index contributed by atoms with van der Waals surface area (Å²) in [7, 11) is 1.61. The van der Waals surface area contributed by atoms with Gasteiger partial charge in [0.15, 0.2) is 10.9 Å². The Morgan fingerprint density at radius 3 is 2.71 bits per heavy atom. The van der Waals surface area contributed by atoms with E-state index in [1.807, 2.05) is 18.2 Å². The molecule has 150 valence electrons. The maximum atomic E-state index is 13.8. The molecule has 1 N–H and O–H groups in total. The molecule has 3 heterocycles. The van der Waals surface area contributed by atoms with Gasteiger partial charge in [0.05, 0.1) is 12.3 Å². The molecule has 0 spiro atoms. The number of ether oxygens (including phenoxy) is 1. The minimum atomic E-state index is -0.400. The van der Waals surface area contributed by atoms with Crippen molar-refractivity contribution in [3.8, 4) is 0 Å². The van der Waals surface area contributed by atoms with Crippen LogP contribution in [0.15, 0.2) is 46.1 Å². The number of thiocarbonyl (C=S) groups is 1. The molecule has 1 aromatic heterocycles.